The smallest absolute Gasteiger partial charge is 0.125 e. The maximum atomic E-state index is 6.00. The molecule has 3 nitrogen and oxygen atoms in total. The van der Waals surface area contributed by atoms with E-state index in [9.17, 15) is 0 Å². The van der Waals surface area contributed by atoms with Gasteiger partial charge in [0, 0.05) is 17.1 Å². The fourth-order valence-electron chi connectivity index (χ4n) is 1.31. The molecule has 0 spiro atoms. The Morgan fingerprint density at radius 3 is 2.69 bits per heavy atom. The van der Waals surface area contributed by atoms with Crippen molar-refractivity contribution >= 4 is 11.6 Å². The second kappa shape index (κ2) is 6.74. The van der Waals surface area contributed by atoms with Crippen LogP contribution in [0.25, 0.3) is 0 Å². The van der Waals surface area contributed by atoms with Crippen molar-refractivity contribution in [1.82, 2.24) is 0 Å². The molecule has 1 aromatic rings. The normalized spacial score (nSPS) is 10.8. The lowest BCUT2D eigenvalue weighted by Gasteiger charge is -2.12. The molecular weight excluding hydrogens is 226 g/mol. The van der Waals surface area contributed by atoms with Gasteiger partial charge in [0.05, 0.1) is 12.7 Å². The summed E-state index contributed by atoms with van der Waals surface area (Å²) >= 11 is 6.00. The molecule has 0 amide bonds. The van der Waals surface area contributed by atoms with Gasteiger partial charge in [0.2, 0.25) is 0 Å². The van der Waals surface area contributed by atoms with E-state index in [4.69, 9.17) is 26.8 Å². The summed E-state index contributed by atoms with van der Waals surface area (Å²) in [6.45, 7) is 5.43. The van der Waals surface area contributed by atoms with Crippen molar-refractivity contribution in [3.05, 3.63) is 28.8 Å². The number of ether oxygens (including phenoxy) is 2. The van der Waals surface area contributed by atoms with Crippen LogP contribution in [0.3, 0.4) is 0 Å². The predicted molar refractivity (Wildman–Crippen MR) is 65.9 cm³/mol. The fraction of sp³-hybridized carbons (Fsp3) is 0.500. The topological polar surface area (TPSA) is 44.5 Å². The van der Waals surface area contributed by atoms with E-state index in [1.807, 2.05) is 26.0 Å². The summed E-state index contributed by atoms with van der Waals surface area (Å²) in [5.74, 6) is 0.738. The van der Waals surface area contributed by atoms with Crippen molar-refractivity contribution in [2.24, 2.45) is 5.73 Å². The standard InChI is InChI=1S/C12H18ClNO2/c1-9(2)15-6-7-16-12-5-3-4-11(13)10(12)8-14/h3-5,9H,6-8,14H2,1-2H3. The molecule has 0 fully saturated rings. The number of rotatable bonds is 6. The van der Waals surface area contributed by atoms with Gasteiger partial charge in [-0.15, -0.1) is 0 Å². The van der Waals surface area contributed by atoms with Crippen LogP contribution in [0.15, 0.2) is 18.2 Å². The third-order valence-electron chi connectivity index (χ3n) is 2.07. The highest BCUT2D eigenvalue weighted by atomic mass is 35.5. The lowest BCUT2D eigenvalue weighted by atomic mass is 10.2. The number of nitrogens with two attached hydrogens (primary N) is 1. The lowest BCUT2D eigenvalue weighted by molar-refractivity contribution is 0.0551. The molecule has 0 saturated carbocycles. The molecule has 0 aromatic heterocycles. The SMILES string of the molecule is CC(C)OCCOc1cccc(Cl)c1CN. The Morgan fingerprint density at radius 2 is 2.06 bits per heavy atom. The first-order valence-corrected chi connectivity index (χ1v) is 5.74. The van der Waals surface area contributed by atoms with Crippen molar-refractivity contribution in [3.63, 3.8) is 0 Å². The van der Waals surface area contributed by atoms with E-state index in [1.54, 1.807) is 6.07 Å². The van der Waals surface area contributed by atoms with Crippen LogP contribution in [0.4, 0.5) is 0 Å². The second-order valence-electron chi connectivity index (χ2n) is 3.69. The third kappa shape index (κ3) is 4.00. The van der Waals surface area contributed by atoms with Crippen LogP contribution in [0.5, 0.6) is 5.75 Å². The predicted octanol–water partition coefficient (Wildman–Crippen LogP) is 2.60. The van der Waals surface area contributed by atoms with Crippen LogP contribution in [0, 0.1) is 0 Å². The summed E-state index contributed by atoms with van der Waals surface area (Å²) in [6.07, 6.45) is 0.219. The van der Waals surface area contributed by atoms with Crippen LogP contribution in [-0.2, 0) is 11.3 Å². The van der Waals surface area contributed by atoms with Gasteiger partial charge in [0.1, 0.15) is 12.4 Å². The molecule has 2 N–H and O–H groups in total. The van der Waals surface area contributed by atoms with E-state index in [2.05, 4.69) is 0 Å². The second-order valence-corrected chi connectivity index (χ2v) is 4.10. The van der Waals surface area contributed by atoms with Gasteiger partial charge >= 0.3 is 0 Å². The van der Waals surface area contributed by atoms with Crippen molar-refractivity contribution in [2.75, 3.05) is 13.2 Å². The van der Waals surface area contributed by atoms with E-state index in [0.717, 1.165) is 11.3 Å². The van der Waals surface area contributed by atoms with Gasteiger partial charge in [-0.3, -0.25) is 0 Å². The van der Waals surface area contributed by atoms with Crippen LogP contribution in [0.2, 0.25) is 5.02 Å². The summed E-state index contributed by atoms with van der Waals surface area (Å²) in [5.41, 5.74) is 6.45. The summed E-state index contributed by atoms with van der Waals surface area (Å²) < 4.78 is 10.9. The molecule has 0 aliphatic rings. The maximum Gasteiger partial charge on any atom is 0.125 e. The number of hydrogen-bond donors (Lipinski definition) is 1. The van der Waals surface area contributed by atoms with Gasteiger partial charge in [-0.25, -0.2) is 0 Å². The zero-order valence-corrected chi connectivity index (χ0v) is 10.5. The molecule has 0 aliphatic carbocycles. The van der Waals surface area contributed by atoms with Crippen molar-refractivity contribution in [1.29, 1.82) is 0 Å². The number of benzene rings is 1. The Morgan fingerprint density at radius 1 is 1.31 bits per heavy atom. The van der Waals surface area contributed by atoms with Gasteiger partial charge in [-0.05, 0) is 26.0 Å². The number of hydrogen-bond acceptors (Lipinski definition) is 3. The highest BCUT2D eigenvalue weighted by molar-refractivity contribution is 6.31. The first-order chi connectivity index (χ1) is 7.65. The Kier molecular flexibility index (Phi) is 5.60. The van der Waals surface area contributed by atoms with Crippen molar-refractivity contribution < 1.29 is 9.47 Å². The molecule has 0 atom stereocenters. The van der Waals surface area contributed by atoms with Gasteiger partial charge in [-0.1, -0.05) is 17.7 Å². The Labute approximate surface area is 101 Å². The van der Waals surface area contributed by atoms with Crippen LogP contribution in [0.1, 0.15) is 19.4 Å². The molecule has 0 unspecified atom stereocenters. The first-order valence-electron chi connectivity index (χ1n) is 5.37. The van der Waals surface area contributed by atoms with Crippen LogP contribution < -0.4 is 10.5 Å². The van der Waals surface area contributed by atoms with Crippen LogP contribution in [-0.4, -0.2) is 19.3 Å². The minimum Gasteiger partial charge on any atom is -0.491 e. The van der Waals surface area contributed by atoms with Crippen molar-refractivity contribution in [3.8, 4) is 5.75 Å². The van der Waals surface area contributed by atoms with Gasteiger partial charge in [0.25, 0.3) is 0 Å². The summed E-state index contributed by atoms with van der Waals surface area (Å²) in [4.78, 5) is 0. The summed E-state index contributed by atoms with van der Waals surface area (Å²) in [5, 5.41) is 0.643. The maximum absolute atomic E-state index is 6.00. The molecule has 16 heavy (non-hydrogen) atoms. The third-order valence-corrected chi connectivity index (χ3v) is 2.43. The molecule has 0 bridgehead atoms. The highest BCUT2D eigenvalue weighted by Crippen LogP contribution is 2.25. The Hall–Kier alpha value is -0.770. The average molecular weight is 244 g/mol. The molecule has 1 aromatic carbocycles. The van der Waals surface area contributed by atoms with E-state index >= 15 is 0 Å². The van der Waals surface area contributed by atoms with Crippen molar-refractivity contribution in [2.45, 2.75) is 26.5 Å². The zero-order valence-electron chi connectivity index (χ0n) is 9.70. The Bertz CT molecular complexity index is 329. The van der Waals surface area contributed by atoms with Crippen LogP contribution >= 0.6 is 11.6 Å². The van der Waals surface area contributed by atoms with E-state index in [0.29, 0.717) is 24.8 Å². The van der Waals surface area contributed by atoms with Gasteiger partial charge < -0.3 is 15.2 Å². The van der Waals surface area contributed by atoms with E-state index in [1.165, 1.54) is 0 Å². The summed E-state index contributed by atoms with van der Waals surface area (Å²) in [6, 6.07) is 5.52. The minimum absolute atomic E-state index is 0.219. The highest BCUT2D eigenvalue weighted by Gasteiger charge is 2.06. The molecule has 1 rings (SSSR count). The molecule has 0 aliphatic heterocycles. The zero-order chi connectivity index (χ0) is 12.0. The molecular formula is C12H18ClNO2. The quantitative estimate of drug-likeness (QED) is 0.782. The lowest BCUT2D eigenvalue weighted by Crippen LogP contribution is -2.12. The molecule has 4 heteroatoms. The molecule has 0 radical (unpaired) electrons. The largest absolute Gasteiger partial charge is 0.491 e. The molecule has 0 heterocycles. The summed E-state index contributed by atoms with van der Waals surface area (Å²) in [7, 11) is 0. The number of halogens is 1. The Balaban J connectivity index is 2.50. The minimum atomic E-state index is 0.219. The molecule has 0 saturated heterocycles. The average Bonchev–Trinajstić information content (AvgIpc) is 2.24. The molecule has 90 valence electrons. The first kappa shape index (κ1) is 13.3. The van der Waals surface area contributed by atoms with E-state index in [-0.39, 0.29) is 6.10 Å². The monoisotopic (exact) mass is 243 g/mol. The van der Waals surface area contributed by atoms with E-state index < -0.39 is 0 Å². The van der Waals surface area contributed by atoms with Gasteiger partial charge in [-0.2, -0.15) is 0 Å². The van der Waals surface area contributed by atoms with Gasteiger partial charge in [0.15, 0.2) is 0 Å². The fourth-order valence-corrected chi connectivity index (χ4v) is 1.55.